The summed E-state index contributed by atoms with van der Waals surface area (Å²) >= 11 is 0. The van der Waals surface area contributed by atoms with Gasteiger partial charge in [0.1, 0.15) is 6.10 Å². The van der Waals surface area contributed by atoms with Crippen molar-refractivity contribution in [1.82, 2.24) is 0 Å². The first-order valence-electron chi connectivity index (χ1n) is 20.1. The Labute approximate surface area is 320 Å². The quantitative estimate of drug-likeness (QED) is 0.202. The molecule has 5 fully saturated rings. The lowest BCUT2D eigenvalue weighted by atomic mass is 9.32. The minimum atomic E-state index is -1.14. The molecule has 0 bridgehead atoms. The number of carbonyl (C=O) groups is 4. The third-order valence-electron chi connectivity index (χ3n) is 16.7. The average Bonchev–Trinajstić information content (AvgIpc) is 3.52. The SMILES string of the molecule is C=C(C)[C@H]1CC[C@]2(COC(=O)c3ccccc3C(=O)O)CC[C@@]3(C)[C@@H](CC[C@H]4[C@@]5(C)CC[C@H](OC(=O)c6ccccc6C(=O)O)C(C)(C)[C@H]5CC[C@]43C)[C@@H]12. The molecule has 10 atom stereocenters. The monoisotopic (exact) mass is 738 g/mol. The van der Waals surface area contributed by atoms with Crippen LogP contribution in [0.5, 0.6) is 0 Å². The predicted molar refractivity (Wildman–Crippen MR) is 205 cm³/mol. The number of carbonyl (C=O) groups excluding carboxylic acids is 2. The molecule has 290 valence electrons. The number of hydrogen-bond donors (Lipinski definition) is 2. The van der Waals surface area contributed by atoms with Crippen molar-refractivity contribution >= 4 is 23.9 Å². The zero-order valence-electron chi connectivity index (χ0n) is 32.9. The molecule has 0 unspecified atom stereocenters. The van der Waals surface area contributed by atoms with Crippen molar-refractivity contribution in [3.63, 3.8) is 0 Å². The smallest absolute Gasteiger partial charge is 0.339 e. The zero-order chi connectivity index (χ0) is 39.0. The lowest BCUT2D eigenvalue weighted by Crippen LogP contribution is -2.67. The van der Waals surface area contributed by atoms with Gasteiger partial charge in [-0.3, -0.25) is 0 Å². The van der Waals surface area contributed by atoms with Crippen LogP contribution in [0.1, 0.15) is 147 Å². The summed E-state index contributed by atoms with van der Waals surface area (Å²) in [6.07, 6.45) is 9.77. The Bertz CT molecular complexity index is 1880. The van der Waals surface area contributed by atoms with Gasteiger partial charge < -0.3 is 19.7 Å². The minimum Gasteiger partial charge on any atom is -0.478 e. The number of hydrogen-bond acceptors (Lipinski definition) is 6. The van der Waals surface area contributed by atoms with Gasteiger partial charge in [0, 0.05) is 10.8 Å². The molecule has 0 aromatic heterocycles. The summed E-state index contributed by atoms with van der Waals surface area (Å²) in [5.74, 6) is -1.43. The second-order valence-electron chi connectivity index (χ2n) is 19.1. The molecule has 0 aliphatic heterocycles. The van der Waals surface area contributed by atoms with Gasteiger partial charge in [-0.25, -0.2) is 19.2 Å². The number of esters is 2. The first-order chi connectivity index (χ1) is 25.4. The van der Waals surface area contributed by atoms with Gasteiger partial charge in [0.2, 0.25) is 0 Å². The number of ether oxygens (including phenoxy) is 2. The van der Waals surface area contributed by atoms with E-state index in [1.165, 1.54) is 17.7 Å². The highest BCUT2D eigenvalue weighted by Gasteiger charge is 2.71. The Morgan fingerprint density at radius 3 is 1.87 bits per heavy atom. The van der Waals surface area contributed by atoms with Crippen molar-refractivity contribution in [3.8, 4) is 0 Å². The predicted octanol–water partition coefficient (Wildman–Crippen LogP) is 10.1. The summed E-state index contributed by atoms with van der Waals surface area (Å²) in [6.45, 7) is 19.1. The summed E-state index contributed by atoms with van der Waals surface area (Å²) in [6, 6.07) is 12.6. The summed E-state index contributed by atoms with van der Waals surface area (Å²) in [5, 5.41) is 19.5. The van der Waals surface area contributed by atoms with Crippen molar-refractivity contribution in [1.29, 1.82) is 0 Å². The van der Waals surface area contributed by atoms with E-state index in [9.17, 15) is 29.4 Å². The van der Waals surface area contributed by atoms with Crippen LogP contribution in [0.25, 0.3) is 0 Å². The number of allylic oxidation sites excluding steroid dienone is 1. The van der Waals surface area contributed by atoms with Crippen LogP contribution in [-0.4, -0.2) is 46.8 Å². The van der Waals surface area contributed by atoms with Gasteiger partial charge in [0.15, 0.2) is 0 Å². The average molecular weight is 739 g/mol. The number of fused-ring (bicyclic) bond motifs is 7. The summed E-state index contributed by atoms with van der Waals surface area (Å²) in [7, 11) is 0. The van der Waals surface area contributed by atoms with E-state index < -0.39 is 23.9 Å². The Hall–Kier alpha value is -3.94. The van der Waals surface area contributed by atoms with Gasteiger partial charge >= 0.3 is 23.9 Å². The molecule has 0 spiro atoms. The third-order valence-corrected chi connectivity index (χ3v) is 16.7. The molecule has 5 aliphatic rings. The number of rotatable bonds is 8. The second kappa shape index (κ2) is 13.4. The zero-order valence-corrected chi connectivity index (χ0v) is 32.9. The fraction of sp³-hybridized carbons (Fsp3) is 0.609. The maximum Gasteiger partial charge on any atom is 0.339 e. The van der Waals surface area contributed by atoms with Gasteiger partial charge in [-0.2, -0.15) is 0 Å². The normalized spacial score (nSPS) is 37.7. The number of carboxylic acid groups (broad SMARTS) is 2. The van der Waals surface area contributed by atoms with Gasteiger partial charge in [-0.15, -0.1) is 0 Å². The van der Waals surface area contributed by atoms with Gasteiger partial charge in [0.25, 0.3) is 0 Å². The van der Waals surface area contributed by atoms with Crippen LogP contribution in [0.2, 0.25) is 0 Å². The van der Waals surface area contributed by atoms with Crippen molar-refractivity contribution < 1.29 is 38.9 Å². The Kier molecular flexibility index (Phi) is 9.49. The number of carboxylic acids is 2. The van der Waals surface area contributed by atoms with Crippen LogP contribution < -0.4 is 0 Å². The van der Waals surface area contributed by atoms with Crippen LogP contribution in [0.15, 0.2) is 60.7 Å². The Morgan fingerprint density at radius 2 is 1.28 bits per heavy atom. The molecule has 7 rings (SSSR count). The largest absolute Gasteiger partial charge is 0.478 e. The van der Waals surface area contributed by atoms with Crippen molar-refractivity contribution in [2.45, 2.75) is 112 Å². The summed E-state index contributed by atoms with van der Waals surface area (Å²) < 4.78 is 12.4. The summed E-state index contributed by atoms with van der Waals surface area (Å²) in [4.78, 5) is 50.7. The highest BCUT2D eigenvalue weighted by Crippen LogP contribution is 2.77. The molecule has 54 heavy (non-hydrogen) atoms. The Balaban J connectivity index is 1.14. The van der Waals surface area contributed by atoms with Crippen molar-refractivity contribution in [2.75, 3.05) is 6.61 Å². The number of benzene rings is 2. The molecule has 8 heteroatoms. The molecule has 0 amide bonds. The van der Waals surface area contributed by atoms with E-state index in [1.54, 1.807) is 36.4 Å². The van der Waals surface area contributed by atoms with Crippen LogP contribution in [0.4, 0.5) is 0 Å². The van der Waals surface area contributed by atoms with Gasteiger partial charge in [-0.05, 0) is 141 Å². The van der Waals surface area contributed by atoms with Crippen LogP contribution in [0, 0.1) is 56.7 Å². The van der Waals surface area contributed by atoms with E-state index in [0.717, 1.165) is 64.2 Å². The molecule has 0 heterocycles. The molecular formula is C46H58O8. The Morgan fingerprint density at radius 1 is 0.685 bits per heavy atom. The lowest BCUT2D eigenvalue weighted by Gasteiger charge is -2.73. The van der Waals surface area contributed by atoms with E-state index in [0.29, 0.717) is 36.2 Å². The molecule has 2 N–H and O–H groups in total. The van der Waals surface area contributed by atoms with Gasteiger partial charge in [-0.1, -0.05) is 71.0 Å². The maximum atomic E-state index is 13.5. The molecule has 5 aliphatic carbocycles. The second-order valence-corrected chi connectivity index (χ2v) is 19.1. The van der Waals surface area contributed by atoms with Crippen LogP contribution >= 0.6 is 0 Å². The third kappa shape index (κ3) is 5.67. The van der Waals surface area contributed by atoms with E-state index in [4.69, 9.17) is 9.47 Å². The van der Waals surface area contributed by atoms with Crippen molar-refractivity contribution in [2.24, 2.45) is 56.7 Å². The van der Waals surface area contributed by atoms with Crippen LogP contribution in [0.3, 0.4) is 0 Å². The first kappa shape index (κ1) is 38.3. The highest BCUT2D eigenvalue weighted by molar-refractivity contribution is 6.03. The van der Waals surface area contributed by atoms with Crippen molar-refractivity contribution in [3.05, 3.63) is 82.9 Å². The summed E-state index contributed by atoms with van der Waals surface area (Å²) in [5.41, 5.74) is 1.09. The molecule has 5 saturated carbocycles. The molecule has 8 nitrogen and oxygen atoms in total. The topological polar surface area (TPSA) is 127 Å². The maximum absolute atomic E-state index is 13.5. The fourth-order valence-electron chi connectivity index (χ4n) is 13.9. The van der Waals surface area contributed by atoms with E-state index >= 15 is 0 Å². The molecular weight excluding hydrogens is 680 g/mol. The lowest BCUT2D eigenvalue weighted by molar-refractivity contribution is -0.249. The first-order valence-corrected chi connectivity index (χ1v) is 20.1. The van der Waals surface area contributed by atoms with E-state index in [-0.39, 0.29) is 55.4 Å². The van der Waals surface area contributed by atoms with Crippen LogP contribution in [-0.2, 0) is 9.47 Å². The van der Waals surface area contributed by atoms with E-state index in [2.05, 4.69) is 48.1 Å². The molecule has 0 saturated heterocycles. The van der Waals surface area contributed by atoms with E-state index in [1.807, 2.05) is 0 Å². The number of aromatic carboxylic acids is 2. The molecule has 0 radical (unpaired) electrons. The minimum absolute atomic E-state index is 0.0336. The molecule has 2 aromatic carbocycles. The van der Waals surface area contributed by atoms with Gasteiger partial charge in [0.05, 0.1) is 28.9 Å². The molecule has 2 aromatic rings. The fourth-order valence-corrected chi connectivity index (χ4v) is 13.9. The standard InChI is InChI=1S/C46H58O8/c1-27(2)28-18-23-46(26-53-40(51)31-14-10-8-12-29(31)38(47)48)25-24-44(6)33(37(28)46)16-17-35-43(5)21-20-36(42(3,4)34(43)19-22-45(35,44)7)54-41(52)32-15-11-9-13-30(32)39(49)50/h8-15,28,33-37H,1,16-26H2,2-7H3,(H,47,48)(H,49,50)/t28-,33+,34-,35+,36+,37-,43+,44+,45-,46-/m1/s1. The highest BCUT2D eigenvalue weighted by atomic mass is 16.5.